The van der Waals surface area contributed by atoms with Gasteiger partial charge in [-0.1, -0.05) is 0 Å². The van der Waals surface area contributed by atoms with Crippen LogP contribution in [-0.2, 0) is 4.74 Å². The van der Waals surface area contributed by atoms with Crippen LogP contribution < -0.4 is 0 Å². The lowest BCUT2D eigenvalue weighted by Crippen LogP contribution is -2.79. The molecule has 0 aromatic heterocycles. The Balaban J connectivity index is 3.63. The van der Waals surface area contributed by atoms with Gasteiger partial charge in [-0.05, 0) is 0 Å². The average molecular weight is 345 g/mol. The maximum Gasteiger partial charge on any atom is 0.439 e. The number of ether oxygens (including phenoxy) is 1. The second-order valence-corrected chi connectivity index (χ2v) is 3.98. The summed E-state index contributed by atoms with van der Waals surface area (Å²) in [4.78, 5) is -3.53. The molecular formula is C7H3F12NO. The van der Waals surface area contributed by atoms with Crippen molar-refractivity contribution in [1.29, 1.82) is 0 Å². The highest BCUT2D eigenvalue weighted by Crippen LogP contribution is 2.60. The van der Waals surface area contributed by atoms with Crippen molar-refractivity contribution >= 4 is 0 Å². The van der Waals surface area contributed by atoms with Crippen molar-refractivity contribution in [3.8, 4) is 0 Å². The molecule has 1 rings (SSSR count). The van der Waals surface area contributed by atoms with E-state index in [1.54, 1.807) is 0 Å². The van der Waals surface area contributed by atoms with E-state index in [1.165, 1.54) is 0 Å². The van der Waals surface area contributed by atoms with Gasteiger partial charge in [-0.2, -0.15) is 52.7 Å². The lowest BCUT2D eigenvalue weighted by molar-refractivity contribution is -0.592. The van der Waals surface area contributed by atoms with Crippen LogP contribution in [0.25, 0.3) is 0 Å². The molecule has 0 radical (unpaired) electrons. The van der Waals surface area contributed by atoms with E-state index < -0.39 is 48.1 Å². The van der Waals surface area contributed by atoms with E-state index in [0.717, 1.165) is 0 Å². The van der Waals surface area contributed by atoms with Crippen LogP contribution >= 0.6 is 0 Å². The summed E-state index contributed by atoms with van der Waals surface area (Å²) in [6, 6.07) is -20.5. The number of rotatable bonds is 2. The molecule has 0 amide bonds. The molecule has 0 spiro atoms. The molecule has 1 aliphatic rings. The van der Waals surface area contributed by atoms with Crippen LogP contribution in [0, 0.1) is 0 Å². The Morgan fingerprint density at radius 1 is 0.714 bits per heavy atom. The van der Waals surface area contributed by atoms with Gasteiger partial charge in [-0.3, -0.25) is 0 Å². The van der Waals surface area contributed by atoms with E-state index >= 15 is 0 Å². The minimum atomic E-state index is -6.86. The Hall–Kier alpha value is -0.920. The van der Waals surface area contributed by atoms with Crippen LogP contribution in [0.1, 0.15) is 6.92 Å². The lowest BCUT2D eigenvalue weighted by Gasteiger charge is -2.50. The molecule has 0 N–H and O–H groups in total. The van der Waals surface area contributed by atoms with Crippen molar-refractivity contribution in [1.82, 2.24) is 4.90 Å². The van der Waals surface area contributed by atoms with Crippen molar-refractivity contribution in [2.45, 2.75) is 43.2 Å². The smallest absolute Gasteiger partial charge is 0.243 e. The molecule has 0 bridgehead atoms. The summed E-state index contributed by atoms with van der Waals surface area (Å²) in [7, 11) is 0. The molecule has 0 atom stereocenters. The lowest BCUT2D eigenvalue weighted by atomic mass is 10.2. The molecule has 126 valence electrons. The first-order chi connectivity index (χ1) is 8.82. The van der Waals surface area contributed by atoms with Gasteiger partial charge >= 0.3 is 36.3 Å². The highest BCUT2D eigenvalue weighted by Gasteiger charge is 2.89. The van der Waals surface area contributed by atoms with Crippen molar-refractivity contribution in [2.24, 2.45) is 0 Å². The Morgan fingerprint density at radius 2 is 1.00 bits per heavy atom. The fourth-order valence-corrected chi connectivity index (χ4v) is 1.27. The summed E-state index contributed by atoms with van der Waals surface area (Å²) >= 11 is 0. The van der Waals surface area contributed by atoms with Gasteiger partial charge < -0.3 is 0 Å². The predicted octanol–water partition coefficient (Wildman–Crippen LogP) is 3.94. The van der Waals surface area contributed by atoms with Gasteiger partial charge in [0.2, 0.25) is 0 Å². The van der Waals surface area contributed by atoms with Gasteiger partial charge in [0.15, 0.2) is 0 Å². The van der Waals surface area contributed by atoms with Gasteiger partial charge in [0.05, 0.1) is 0 Å². The third-order valence-electron chi connectivity index (χ3n) is 2.33. The second kappa shape index (κ2) is 4.08. The van der Waals surface area contributed by atoms with Gasteiger partial charge in [0, 0.05) is 6.92 Å². The third-order valence-corrected chi connectivity index (χ3v) is 2.33. The fourth-order valence-electron chi connectivity index (χ4n) is 1.27. The molecule has 1 saturated heterocycles. The minimum absolute atomic E-state index is 0.898. The summed E-state index contributed by atoms with van der Waals surface area (Å²) < 4.78 is 155. The Kier molecular flexibility index (Phi) is 3.53. The van der Waals surface area contributed by atoms with E-state index in [0.29, 0.717) is 0 Å². The zero-order valence-electron chi connectivity index (χ0n) is 9.39. The first-order valence-electron chi connectivity index (χ1n) is 4.60. The Morgan fingerprint density at radius 3 is 1.24 bits per heavy atom. The number of hydrogen-bond donors (Lipinski definition) is 0. The number of halogens is 12. The van der Waals surface area contributed by atoms with E-state index in [4.69, 9.17) is 0 Å². The predicted molar refractivity (Wildman–Crippen MR) is 38.3 cm³/mol. The summed E-state index contributed by atoms with van der Waals surface area (Å²) in [5, 5.41) is 0. The van der Waals surface area contributed by atoms with Crippen molar-refractivity contribution in [2.75, 3.05) is 0 Å². The van der Waals surface area contributed by atoms with E-state index in [-0.39, 0.29) is 0 Å². The highest BCUT2D eigenvalue weighted by atomic mass is 19.4. The number of alkyl halides is 12. The van der Waals surface area contributed by atoms with E-state index in [9.17, 15) is 52.7 Å². The summed E-state index contributed by atoms with van der Waals surface area (Å²) in [6.07, 6.45) is -13.2. The fraction of sp³-hybridized carbons (Fsp3) is 1.00. The first kappa shape index (κ1) is 18.1. The summed E-state index contributed by atoms with van der Waals surface area (Å²) in [5.41, 5.74) is 0. The monoisotopic (exact) mass is 345 g/mol. The Labute approximate surface area is 107 Å². The molecular weight excluding hydrogens is 342 g/mol. The molecule has 0 unspecified atom stereocenters. The normalized spacial score (nSPS) is 28.4. The van der Waals surface area contributed by atoms with Gasteiger partial charge in [0.1, 0.15) is 0 Å². The van der Waals surface area contributed by atoms with Crippen LogP contribution in [0.15, 0.2) is 0 Å². The number of morpholine rings is 1. The molecule has 14 heteroatoms. The van der Waals surface area contributed by atoms with Crippen LogP contribution in [-0.4, -0.2) is 41.2 Å². The standard InChI is InChI=1S/C7H3F12NO/c1-2(8,9)3(10,11)20-4(12,13)6(16,17)21-7(18,19)5(20,14)15/h1H3. The average Bonchev–Trinajstić information content (AvgIpc) is 2.09. The molecule has 0 aliphatic carbocycles. The SMILES string of the molecule is CC(F)(F)C(F)(F)N1C(F)(F)C(F)(F)OC(F)(F)C1(F)F. The number of hydrogen-bond acceptors (Lipinski definition) is 2. The molecule has 1 fully saturated rings. The van der Waals surface area contributed by atoms with Crippen LogP contribution in [0.2, 0.25) is 0 Å². The minimum Gasteiger partial charge on any atom is -0.243 e. The zero-order valence-corrected chi connectivity index (χ0v) is 9.39. The molecule has 1 heterocycles. The van der Waals surface area contributed by atoms with Crippen molar-refractivity contribution in [3.63, 3.8) is 0 Å². The van der Waals surface area contributed by atoms with Crippen LogP contribution in [0.3, 0.4) is 0 Å². The molecule has 0 aromatic rings. The van der Waals surface area contributed by atoms with Crippen LogP contribution in [0.4, 0.5) is 52.7 Å². The van der Waals surface area contributed by atoms with Crippen molar-refractivity contribution in [3.05, 3.63) is 0 Å². The van der Waals surface area contributed by atoms with Gasteiger partial charge in [0.25, 0.3) is 0 Å². The summed E-state index contributed by atoms with van der Waals surface area (Å²) in [6.45, 7) is -0.898. The molecule has 21 heavy (non-hydrogen) atoms. The first-order valence-corrected chi connectivity index (χ1v) is 4.60. The Bertz CT molecular complexity index is 389. The van der Waals surface area contributed by atoms with Crippen LogP contribution in [0.5, 0.6) is 0 Å². The van der Waals surface area contributed by atoms with E-state index in [1.807, 2.05) is 4.74 Å². The third kappa shape index (κ3) is 2.22. The maximum atomic E-state index is 13.0. The van der Waals surface area contributed by atoms with Crippen molar-refractivity contribution < 1.29 is 57.4 Å². The molecule has 2 nitrogen and oxygen atoms in total. The van der Waals surface area contributed by atoms with Gasteiger partial charge in [-0.15, -0.1) is 4.90 Å². The van der Waals surface area contributed by atoms with E-state index in [2.05, 4.69) is 0 Å². The number of nitrogens with zero attached hydrogens (tertiary/aromatic N) is 1. The molecule has 0 saturated carbocycles. The summed E-state index contributed by atoms with van der Waals surface area (Å²) in [5.74, 6) is -5.79. The van der Waals surface area contributed by atoms with Gasteiger partial charge in [-0.25, -0.2) is 4.74 Å². The molecule has 1 aliphatic heterocycles. The topological polar surface area (TPSA) is 12.5 Å². The maximum absolute atomic E-state index is 13.0. The largest absolute Gasteiger partial charge is 0.439 e. The zero-order chi connectivity index (χ0) is 17.3. The highest BCUT2D eigenvalue weighted by molar-refractivity contribution is 5.00. The quantitative estimate of drug-likeness (QED) is 0.555. The molecule has 0 aromatic carbocycles. The second-order valence-electron chi connectivity index (χ2n) is 3.98.